The predicted molar refractivity (Wildman–Crippen MR) is 90.5 cm³/mol. The highest BCUT2D eigenvalue weighted by Crippen LogP contribution is 2.31. The zero-order chi connectivity index (χ0) is 18.2. The first-order chi connectivity index (χ1) is 11.2. The van der Waals surface area contributed by atoms with Crippen molar-refractivity contribution in [1.29, 1.82) is 0 Å². The Kier molecular flexibility index (Phi) is 5.01. The Labute approximate surface area is 146 Å². The highest BCUT2D eigenvalue weighted by Gasteiger charge is 2.27. The lowest BCUT2D eigenvalue weighted by atomic mass is 10.00. The second-order valence-electron chi connectivity index (χ2n) is 5.00. The predicted octanol–water partition coefficient (Wildman–Crippen LogP) is 3.55. The van der Waals surface area contributed by atoms with Gasteiger partial charge in [-0.15, -0.1) is 0 Å². The van der Waals surface area contributed by atoms with Crippen LogP contribution in [0.3, 0.4) is 0 Å². The van der Waals surface area contributed by atoms with Crippen molar-refractivity contribution in [2.75, 3.05) is 0 Å². The summed E-state index contributed by atoms with van der Waals surface area (Å²) in [6.07, 6.45) is 0. The van der Waals surface area contributed by atoms with E-state index in [2.05, 4.69) is 0 Å². The number of benzene rings is 1. The number of aromatic nitrogens is 1. The molecule has 6 nitrogen and oxygen atoms in total. The third-order valence-corrected chi connectivity index (χ3v) is 4.40. The van der Waals surface area contributed by atoms with Crippen LogP contribution in [0.5, 0.6) is 0 Å². The van der Waals surface area contributed by atoms with Crippen molar-refractivity contribution in [3.8, 4) is 11.3 Å². The van der Waals surface area contributed by atoms with Crippen molar-refractivity contribution >= 4 is 35.1 Å². The van der Waals surface area contributed by atoms with E-state index in [4.69, 9.17) is 23.2 Å². The summed E-state index contributed by atoms with van der Waals surface area (Å²) in [5, 5.41) is 19.2. The molecule has 0 fully saturated rings. The summed E-state index contributed by atoms with van der Waals surface area (Å²) in [7, 11) is 0. The summed E-state index contributed by atoms with van der Waals surface area (Å²) in [6, 6.07) is 4.45. The standard InChI is InChI=1S/C16H13Cl2NO5/c1-3-19-7(2)11(15(21)22)14(20)12(16(23)24)13(19)8-4-5-9(17)10(18)6-8/h4-6H,3H2,1-2H3,(H,21,22)(H,23,24). The lowest BCUT2D eigenvalue weighted by Gasteiger charge is -2.19. The number of aromatic carboxylic acids is 2. The van der Waals surface area contributed by atoms with Crippen molar-refractivity contribution in [2.24, 2.45) is 0 Å². The van der Waals surface area contributed by atoms with E-state index in [1.807, 2.05) is 0 Å². The van der Waals surface area contributed by atoms with Gasteiger partial charge in [0.15, 0.2) is 0 Å². The molecular weight excluding hydrogens is 357 g/mol. The summed E-state index contributed by atoms with van der Waals surface area (Å²) in [5.41, 5.74) is -1.59. The Morgan fingerprint density at radius 3 is 2.12 bits per heavy atom. The van der Waals surface area contributed by atoms with E-state index >= 15 is 0 Å². The summed E-state index contributed by atoms with van der Waals surface area (Å²) in [4.78, 5) is 35.5. The highest BCUT2D eigenvalue weighted by molar-refractivity contribution is 6.42. The smallest absolute Gasteiger partial charge is 0.341 e. The van der Waals surface area contributed by atoms with Crippen LogP contribution < -0.4 is 5.43 Å². The Morgan fingerprint density at radius 1 is 1.08 bits per heavy atom. The van der Waals surface area contributed by atoms with Crippen LogP contribution in [-0.2, 0) is 6.54 Å². The van der Waals surface area contributed by atoms with Gasteiger partial charge in [-0.3, -0.25) is 4.79 Å². The van der Waals surface area contributed by atoms with Crippen LogP contribution in [0, 0.1) is 6.92 Å². The van der Waals surface area contributed by atoms with Gasteiger partial charge in [-0.05, 0) is 26.0 Å². The number of carboxylic acids is 2. The summed E-state index contributed by atoms with van der Waals surface area (Å²) in [6.45, 7) is 3.44. The van der Waals surface area contributed by atoms with Crippen molar-refractivity contribution < 1.29 is 19.8 Å². The zero-order valence-corrected chi connectivity index (χ0v) is 14.3. The van der Waals surface area contributed by atoms with Crippen molar-refractivity contribution in [3.63, 3.8) is 0 Å². The maximum absolute atomic E-state index is 12.5. The average Bonchev–Trinajstić information content (AvgIpc) is 2.48. The molecule has 2 rings (SSSR count). The quantitative estimate of drug-likeness (QED) is 0.858. The molecule has 0 aliphatic rings. The number of rotatable bonds is 4. The molecule has 0 atom stereocenters. The maximum Gasteiger partial charge on any atom is 0.341 e. The fourth-order valence-electron chi connectivity index (χ4n) is 2.62. The van der Waals surface area contributed by atoms with Gasteiger partial charge in [0.2, 0.25) is 5.43 Å². The van der Waals surface area contributed by atoms with E-state index in [9.17, 15) is 24.6 Å². The monoisotopic (exact) mass is 369 g/mol. The fraction of sp³-hybridized carbons (Fsp3) is 0.188. The molecule has 0 saturated carbocycles. The molecule has 0 bridgehead atoms. The lowest BCUT2D eigenvalue weighted by molar-refractivity contribution is 0.0693. The van der Waals surface area contributed by atoms with Crippen molar-refractivity contribution in [2.45, 2.75) is 20.4 Å². The number of carboxylic acid groups (broad SMARTS) is 2. The van der Waals surface area contributed by atoms with Gasteiger partial charge in [0.05, 0.1) is 15.7 Å². The molecular formula is C16H13Cl2NO5. The topological polar surface area (TPSA) is 96.6 Å². The Hall–Kier alpha value is -2.31. The molecule has 0 aliphatic heterocycles. The van der Waals surface area contributed by atoms with E-state index in [1.165, 1.54) is 29.7 Å². The van der Waals surface area contributed by atoms with Gasteiger partial charge in [0.25, 0.3) is 0 Å². The second kappa shape index (κ2) is 6.67. The molecule has 0 radical (unpaired) electrons. The van der Waals surface area contributed by atoms with Crippen LogP contribution in [-0.4, -0.2) is 26.7 Å². The van der Waals surface area contributed by atoms with Gasteiger partial charge < -0.3 is 14.8 Å². The fourth-order valence-corrected chi connectivity index (χ4v) is 2.92. The first-order valence-corrected chi connectivity index (χ1v) is 7.65. The van der Waals surface area contributed by atoms with E-state index in [0.29, 0.717) is 5.56 Å². The Balaban J connectivity index is 3.03. The van der Waals surface area contributed by atoms with Gasteiger partial charge in [-0.2, -0.15) is 0 Å². The zero-order valence-electron chi connectivity index (χ0n) is 12.8. The number of halogens is 2. The van der Waals surface area contributed by atoms with Crippen LogP contribution in [0.25, 0.3) is 11.3 Å². The van der Waals surface area contributed by atoms with Crippen LogP contribution in [0.1, 0.15) is 33.3 Å². The first kappa shape index (κ1) is 18.0. The normalized spacial score (nSPS) is 10.7. The Bertz CT molecular complexity index is 918. The summed E-state index contributed by atoms with van der Waals surface area (Å²) >= 11 is 11.9. The average molecular weight is 370 g/mol. The molecule has 2 N–H and O–H groups in total. The molecule has 8 heteroatoms. The molecule has 24 heavy (non-hydrogen) atoms. The van der Waals surface area contributed by atoms with E-state index in [0.717, 1.165) is 0 Å². The highest BCUT2D eigenvalue weighted by atomic mass is 35.5. The molecule has 1 aromatic heterocycles. The van der Waals surface area contributed by atoms with Crippen LogP contribution in [0.2, 0.25) is 10.0 Å². The van der Waals surface area contributed by atoms with E-state index in [1.54, 1.807) is 6.92 Å². The van der Waals surface area contributed by atoms with Gasteiger partial charge in [-0.25, -0.2) is 9.59 Å². The lowest BCUT2D eigenvalue weighted by Crippen LogP contribution is -2.29. The molecule has 0 unspecified atom stereocenters. The minimum Gasteiger partial charge on any atom is -0.477 e. The second-order valence-corrected chi connectivity index (χ2v) is 5.81. The van der Waals surface area contributed by atoms with E-state index < -0.39 is 28.5 Å². The molecule has 2 aromatic rings. The molecule has 126 valence electrons. The largest absolute Gasteiger partial charge is 0.477 e. The van der Waals surface area contributed by atoms with Crippen LogP contribution in [0.4, 0.5) is 0 Å². The van der Waals surface area contributed by atoms with Gasteiger partial charge >= 0.3 is 11.9 Å². The molecule has 0 spiro atoms. The third kappa shape index (κ3) is 2.90. The number of hydrogen-bond donors (Lipinski definition) is 2. The Morgan fingerprint density at radius 2 is 1.67 bits per heavy atom. The third-order valence-electron chi connectivity index (χ3n) is 3.66. The van der Waals surface area contributed by atoms with E-state index in [-0.39, 0.29) is 28.0 Å². The minimum absolute atomic E-state index is 0.0936. The molecule has 0 amide bonds. The maximum atomic E-state index is 12.5. The number of carbonyl (C=O) groups is 2. The SMILES string of the molecule is CCn1c(C)c(C(=O)O)c(=O)c(C(=O)O)c1-c1ccc(Cl)c(Cl)c1. The summed E-state index contributed by atoms with van der Waals surface area (Å²) in [5.74, 6) is -2.98. The number of pyridine rings is 1. The van der Waals surface area contributed by atoms with Crippen LogP contribution >= 0.6 is 23.2 Å². The van der Waals surface area contributed by atoms with Crippen LogP contribution in [0.15, 0.2) is 23.0 Å². The summed E-state index contributed by atoms with van der Waals surface area (Å²) < 4.78 is 1.47. The van der Waals surface area contributed by atoms with Crippen molar-refractivity contribution in [1.82, 2.24) is 4.57 Å². The molecule has 1 heterocycles. The molecule has 1 aromatic carbocycles. The molecule has 0 saturated heterocycles. The number of nitrogens with zero attached hydrogens (tertiary/aromatic N) is 1. The minimum atomic E-state index is -1.51. The van der Waals surface area contributed by atoms with Crippen molar-refractivity contribution in [3.05, 3.63) is 55.3 Å². The van der Waals surface area contributed by atoms with Gasteiger partial charge in [0, 0.05) is 17.8 Å². The van der Waals surface area contributed by atoms with Gasteiger partial charge in [-0.1, -0.05) is 29.3 Å². The number of hydrogen-bond acceptors (Lipinski definition) is 3. The molecule has 0 aliphatic carbocycles. The van der Waals surface area contributed by atoms with Gasteiger partial charge in [0.1, 0.15) is 11.1 Å². The first-order valence-electron chi connectivity index (χ1n) is 6.90.